The zero-order valence-electron chi connectivity index (χ0n) is 17.7. The van der Waals surface area contributed by atoms with Gasteiger partial charge in [0.15, 0.2) is 5.82 Å². The zero-order valence-corrected chi connectivity index (χ0v) is 17.7. The number of hydrogen-bond donors (Lipinski definition) is 3. The topological polar surface area (TPSA) is 87.1 Å². The Labute approximate surface area is 186 Å². The minimum Gasteiger partial charge on any atom is -0.352 e. The molecule has 0 saturated carbocycles. The van der Waals surface area contributed by atoms with Gasteiger partial charge in [0.1, 0.15) is 0 Å². The minimum atomic E-state index is -0.257. The molecule has 0 aliphatic carbocycles. The number of rotatable bonds is 5. The summed E-state index contributed by atoms with van der Waals surface area (Å²) in [6, 6.07) is 19.5. The molecule has 2 amide bonds. The van der Waals surface area contributed by atoms with Gasteiger partial charge < -0.3 is 20.9 Å². The molecule has 3 N–H and O–H groups in total. The maximum absolute atomic E-state index is 12.2. The van der Waals surface area contributed by atoms with Crippen molar-refractivity contribution in [3.05, 3.63) is 78.6 Å². The number of urea groups is 1. The summed E-state index contributed by atoms with van der Waals surface area (Å²) in [6.45, 7) is 4.23. The number of carbonyl (C=O) groups excluding carboxylic acids is 1. The van der Waals surface area contributed by atoms with Crippen molar-refractivity contribution in [1.29, 1.82) is 0 Å². The molecule has 5 rings (SSSR count). The standard InChI is InChI=1S/C24H25N7O/c32-24(27-17-18-4-3-11-26-16-18)28-19-7-9-20(10-8-19)31-22-6-2-1-5-21(22)23(29-31)30-14-12-25-13-15-30/h1-11,16,25H,12-15,17H2,(H2,27,28,32). The summed E-state index contributed by atoms with van der Waals surface area (Å²) in [6.07, 6.45) is 3.44. The number of aromatic nitrogens is 3. The average molecular weight is 428 g/mol. The van der Waals surface area contributed by atoms with Crippen LogP contribution in [0.25, 0.3) is 16.6 Å². The molecule has 2 aromatic carbocycles. The van der Waals surface area contributed by atoms with E-state index in [4.69, 9.17) is 5.10 Å². The predicted molar refractivity (Wildman–Crippen MR) is 126 cm³/mol. The number of fused-ring (bicyclic) bond motifs is 1. The molecule has 0 unspecified atom stereocenters. The first-order valence-electron chi connectivity index (χ1n) is 10.8. The van der Waals surface area contributed by atoms with E-state index < -0.39 is 0 Å². The van der Waals surface area contributed by atoms with Gasteiger partial charge >= 0.3 is 6.03 Å². The van der Waals surface area contributed by atoms with Gasteiger partial charge in [-0.2, -0.15) is 0 Å². The molecular formula is C24H25N7O. The lowest BCUT2D eigenvalue weighted by atomic mass is 10.2. The number of benzene rings is 2. The van der Waals surface area contributed by atoms with Crippen molar-refractivity contribution in [3.8, 4) is 5.69 Å². The van der Waals surface area contributed by atoms with E-state index in [2.05, 4.69) is 44.0 Å². The fraction of sp³-hybridized carbons (Fsp3) is 0.208. The summed E-state index contributed by atoms with van der Waals surface area (Å²) in [7, 11) is 0. The second-order valence-electron chi connectivity index (χ2n) is 7.71. The number of piperazine rings is 1. The molecule has 4 aromatic rings. The molecule has 1 saturated heterocycles. The van der Waals surface area contributed by atoms with Crippen molar-refractivity contribution < 1.29 is 4.79 Å². The summed E-state index contributed by atoms with van der Waals surface area (Å²) < 4.78 is 1.97. The zero-order chi connectivity index (χ0) is 21.8. The highest BCUT2D eigenvalue weighted by atomic mass is 16.2. The van der Waals surface area contributed by atoms with Gasteiger partial charge in [-0.15, -0.1) is 5.10 Å². The molecule has 8 heteroatoms. The number of nitrogens with zero attached hydrogens (tertiary/aromatic N) is 4. The molecule has 0 spiro atoms. The molecule has 8 nitrogen and oxygen atoms in total. The van der Waals surface area contributed by atoms with Crippen LogP contribution in [0.2, 0.25) is 0 Å². The van der Waals surface area contributed by atoms with Crippen molar-refractivity contribution in [2.75, 3.05) is 36.4 Å². The Morgan fingerprint density at radius 2 is 1.81 bits per heavy atom. The van der Waals surface area contributed by atoms with Crippen LogP contribution >= 0.6 is 0 Å². The fourth-order valence-corrected chi connectivity index (χ4v) is 3.90. The molecule has 0 radical (unpaired) electrons. The lowest BCUT2D eigenvalue weighted by Crippen LogP contribution is -2.43. The highest BCUT2D eigenvalue weighted by Crippen LogP contribution is 2.29. The van der Waals surface area contributed by atoms with E-state index in [-0.39, 0.29) is 6.03 Å². The Morgan fingerprint density at radius 1 is 1.00 bits per heavy atom. The van der Waals surface area contributed by atoms with Gasteiger partial charge in [0.2, 0.25) is 0 Å². The number of para-hydroxylation sites is 1. The molecule has 0 bridgehead atoms. The van der Waals surface area contributed by atoms with E-state index in [0.29, 0.717) is 6.54 Å². The lowest BCUT2D eigenvalue weighted by molar-refractivity contribution is 0.251. The maximum Gasteiger partial charge on any atom is 0.319 e. The van der Waals surface area contributed by atoms with Crippen molar-refractivity contribution in [2.45, 2.75) is 6.54 Å². The molecule has 1 aliphatic rings. The van der Waals surface area contributed by atoms with Crippen LogP contribution in [0.4, 0.5) is 16.3 Å². The van der Waals surface area contributed by atoms with Crippen molar-refractivity contribution in [3.63, 3.8) is 0 Å². The molecule has 1 fully saturated rings. The number of anilines is 2. The molecule has 0 atom stereocenters. The number of amides is 2. The lowest BCUT2D eigenvalue weighted by Gasteiger charge is -2.27. The third-order valence-electron chi connectivity index (χ3n) is 5.53. The number of hydrogen-bond acceptors (Lipinski definition) is 5. The van der Waals surface area contributed by atoms with Crippen LogP contribution in [0.5, 0.6) is 0 Å². The highest BCUT2D eigenvalue weighted by molar-refractivity contribution is 5.92. The van der Waals surface area contributed by atoms with E-state index in [1.807, 2.05) is 47.1 Å². The monoisotopic (exact) mass is 427 g/mol. The average Bonchev–Trinajstić information content (AvgIpc) is 3.24. The second-order valence-corrected chi connectivity index (χ2v) is 7.71. The van der Waals surface area contributed by atoms with Crippen LogP contribution in [0.3, 0.4) is 0 Å². The maximum atomic E-state index is 12.2. The number of carbonyl (C=O) groups is 1. The summed E-state index contributed by atoms with van der Waals surface area (Å²) in [5, 5.41) is 15.2. The van der Waals surface area contributed by atoms with E-state index in [0.717, 1.165) is 59.8 Å². The van der Waals surface area contributed by atoms with Crippen LogP contribution in [-0.2, 0) is 6.54 Å². The highest BCUT2D eigenvalue weighted by Gasteiger charge is 2.19. The molecule has 162 valence electrons. The minimum absolute atomic E-state index is 0.257. The van der Waals surface area contributed by atoms with Gasteiger partial charge in [0, 0.05) is 56.2 Å². The van der Waals surface area contributed by atoms with Crippen LogP contribution in [0, 0.1) is 0 Å². The Morgan fingerprint density at radius 3 is 2.59 bits per heavy atom. The van der Waals surface area contributed by atoms with E-state index >= 15 is 0 Å². The largest absolute Gasteiger partial charge is 0.352 e. The fourth-order valence-electron chi connectivity index (χ4n) is 3.90. The van der Waals surface area contributed by atoms with Crippen molar-refractivity contribution >= 4 is 28.4 Å². The van der Waals surface area contributed by atoms with E-state index in [1.54, 1.807) is 12.4 Å². The molecule has 2 aromatic heterocycles. The van der Waals surface area contributed by atoms with Gasteiger partial charge in [-0.3, -0.25) is 4.98 Å². The Hall–Kier alpha value is -3.91. The Bertz CT molecular complexity index is 1200. The summed E-state index contributed by atoms with van der Waals surface area (Å²) in [5.74, 6) is 1.01. The Kier molecular flexibility index (Phi) is 5.67. The first-order valence-corrected chi connectivity index (χ1v) is 10.8. The van der Waals surface area contributed by atoms with Crippen LogP contribution < -0.4 is 20.9 Å². The predicted octanol–water partition coefficient (Wildman–Crippen LogP) is 3.15. The van der Waals surface area contributed by atoms with Crippen LogP contribution in [-0.4, -0.2) is 47.0 Å². The van der Waals surface area contributed by atoms with Gasteiger partial charge in [0.05, 0.1) is 11.2 Å². The summed E-state index contributed by atoms with van der Waals surface area (Å²) >= 11 is 0. The van der Waals surface area contributed by atoms with Gasteiger partial charge in [-0.25, -0.2) is 9.48 Å². The van der Waals surface area contributed by atoms with E-state index in [9.17, 15) is 4.79 Å². The third-order valence-corrected chi connectivity index (χ3v) is 5.53. The molecule has 3 heterocycles. The Balaban J connectivity index is 1.32. The number of pyridine rings is 1. The smallest absolute Gasteiger partial charge is 0.319 e. The quantitative estimate of drug-likeness (QED) is 0.456. The molecule has 32 heavy (non-hydrogen) atoms. The molecule has 1 aliphatic heterocycles. The second kappa shape index (κ2) is 9.07. The SMILES string of the molecule is O=C(NCc1cccnc1)Nc1ccc(-n2nc(N3CCNCC3)c3ccccc32)cc1. The normalized spacial score (nSPS) is 13.8. The van der Waals surface area contributed by atoms with Crippen LogP contribution in [0.1, 0.15) is 5.56 Å². The van der Waals surface area contributed by atoms with Crippen molar-refractivity contribution in [1.82, 2.24) is 25.4 Å². The van der Waals surface area contributed by atoms with Crippen molar-refractivity contribution in [2.24, 2.45) is 0 Å². The van der Waals surface area contributed by atoms with E-state index in [1.165, 1.54) is 0 Å². The summed E-state index contributed by atoms with van der Waals surface area (Å²) in [5.41, 5.74) is 3.68. The first-order chi connectivity index (χ1) is 15.8. The summed E-state index contributed by atoms with van der Waals surface area (Å²) in [4.78, 5) is 18.6. The van der Waals surface area contributed by atoms with Gasteiger partial charge in [-0.1, -0.05) is 18.2 Å². The number of nitrogens with one attached hydrogen (secondary N) is 3. The first kappa shape index (κ1) is 20.0. The van der Waals surface area contributed by atoms with Gasteiger partial charge in [-0.05, 0) is 48.0 Å². The van der Waals surface area contributed by atoms with Gasteiger partial charge in [0.25, 0.3) is 0 Å². The third kappa shape index (κ3) is 4.26. The van der Waals surface area contributed by atoms with Crippen LogP contribution in [0.15, 0.2) is 73.1 Å². The molecular weight excluding hydrogens is 402 g/mol.